The summed E-state index contributed by atoms with van der Waals surface area (Å²) in [6.45, 7) is -0.0375. The Balaban J connectivity index is 2.07. The lowest BCUT2D eigenvalue weighted by Crippen LogP contribution is -2.47. The van der Waals surface area contributed by atoms with Crippen LogP contribution < -0.4 is 0 Å². The number of rotatable bonds is 4. The van der Waals surface area contributed by atoms with Crippen LogP contribution in [0, 0.1) is 0 Å². The Hall–Kier alpha value is -2.41. The third kappa shape index (κ3) is 3.19. The van der Waals surface area contributed by atoms with Crippen molar-refractivity contribution in [2.24, 2.45) is 0 Å². The Bertz CT molecular complexity index is 532. The van der Waals surface area contributed by atoms with Gasteiger partial charge in [-0.1, -0.05) is 30.3 Å². The Labute approximate surface area is 120 Å². The fraction of sp³-hybridized carbons (Fsp3) is 0.357. The van der Waals surface area contributed by atoms with E-state index in [4.69, 9.17) is 9.84 Å². The van der Waals surface area contributed by atoms with Crippen LogP contribution in [-0.4, -0.2) is 51.6 Å². The molecule has 1 aromatic carbocycles. The molecule has 7 heteroatoms. The van der Waals surface area contributed by atoms with Gasteiger partial charge in [0.05, 0.1) is 6.10 Å². The highest BCUT2D eigenvalue weighted by molar-refractivity contribution is 5.84. The molecule has 1 aromatic rings. The van der Waals surface area contributed by atoms with E-state index in [1.807, 2.05) is 6.07 Å². The summed E-state index contributed by atoms with van der Waals surface area (Å²) in [5, 5.41) is 18.7. The summed E-state index contributed by atoms with van der Waals surface area (Å²) in [6.07, 6.45) is -1.97. The van der Waals surface area contributed by atoms with Gasteiger partial charge >= 0.3 is 12.1 Å². The highest BCUT2D eigenvalue weighted by Crippen LogP contribution is 2.25. The normalized spacial score (nSPS) is 24.6. The van der Waals surface area contributed by atoms with Gasteiger partial charge in [0.25, 0.3) is 0 Å². The first-order valence-electron chi connectivity index (χ1n) is 6.39. The minimum absolute atomic E-state index is 0.0375. The molecule has 1 aliphatic heterocycles. The van der Waals surface area contributed by atoms with E-state index >= 15 is 0 Å². The summed E-state index contributed by atoms with van der Waals surface area (Å²) in [6, 6.07) is 6.39. The number of aliphatic carboxylic acids is 1. The molecule has 0 saturated carbocycles. The molecule has 0 aliphatic carbocycles. The molecule has 112 valence electrons. The fourth-order valence-electron chi connectivity index (χ4n) is 2.29. The van der Waals surface area contributed by atoms with Gasteiger partial charge in [0.1, 0.15) is 25.0 Å². The first-order valence-corrected chi connectivity index (χ1v) is 6.39. The second-order valence-corrected chi connectivity index (χ2v) is 4.73. The van der Waals surface area contributed by atoms with Crippen molar-refractivity contribution < 1.29 is 29.3 Å². The maximum absolute atomic E-state index is 12.0. The molecule has 2 rings (SSSR count). The molecule has 0 bridgehead atoms. The van der Waals surface area contributed by atoms with Gasteiger partial charge in [-0.25, -0.2) is 9.59 Å². The van der Waals surface area contributed by atoms with Gasteiger partial charge in [0, 0.05) is 6.42 Å². The second kappa shape index (κ2) is 6.36. The summed E-state index contributed by atoms with van der Waals surface area (Å²) in [5.74, 6) is -1.28. The number of aliphatic hydroxyl groups is 1. The van der Waals surface area contributed by atoms with Gasteiger partial charge < -0.3 is 19.7 Å². The number of hydrogen-bond acceptors (Lipinski definition) is 5. The van der Waals surface area contributed by atoms with E-state index in [1.54, 1.807) is 24.3 Å². The number of benzene rings is 1. The van der Waals surface area contributed by atoms with Crippen LogP contribution in [0.4, 0.5) is 4.79 Å². The zero-order chi connectivity index (χ0) is 15.4. The molecule has 1 saturated heterocycles. The lowest BCUT2D eigenvalue weighted by atomic mass is 10.1. The van der Waals surface area contributed by atoms with Crippen LogP contribution in [0.1, 0.15) is 12.0 Å². The molecular formula is C14H15NO6. The average Bonchev–Trinajstić information content (AvgIpc) is 2.82. The average molecular weight is 293 g/mol. The Morgan fingerprint density at radius 1 is 1.33 bits per heavy atom. The number of nitrogens with zero attached hydrogens (tertiary/aromatic N) is 1. The number of carbonyl (C=O) groups is 3. The van der Waals surface area contributed by atoms with Crippen molar-refractivity contribution >= 4 is 18.3 Å². The minimum Gasteiger partial charge on any atom is -0.480 e. The lowest BCUT2D eigenvalue weighted by Gasteiger charge is -2.24. The van der Waals surface area contributed by atoms with Crippen molar-refractivity contribution in [3.63, 3.8) is 0 Å². The molecule has 0 unspecified atom stereocenters. The molecule has 2 N–H and O–H groups in total. The predicted molar refractivity (Wildman–Crippen MR) is 70.4 cm³/mol. The van der Waals surface area contributed by atoms with Crippen LogP contribution in [-0.2, 0) is 20.9 Å². The SMILES string of the molecule is O=C[C@H]1[C@@H](O)C[C@@H](C(=O)O)N1C(=O)OCc1ccccc1. The standard InChI is InChI=1S/C14H15NO6/c16-7-11-12(17)6-10(13(18)19)15(11)14(20)21-8-9-4-2-1-3-5-9/h1-5,7,10-12,17H,6,8H2,(H,18,19)/t10-,11-,12-/m0/s1. The first kappa shape index (κ1) is 15.0. The number of hydrogen-bond donors (Lipinski definition) is 2. The van der Waals surface area contributed by atoms with E-state index in [2.05, 4.69) is 0 Å². The third-order valence-corrected chi connectivity index (χ3v) is 3.36. The summed E-state index contributed by atoms with van der Waals surface area (Å²) < 4.78 is 5.03. The fourth-order valence-corrected chi connectivity index (χ4v) is 2.29. The van der Waals surface area contributed by atoms with Crippen molar-refractivity contribution in [3.05, 3.63) is 35.9 Å². The molecule has 3 atom stereocenters. The Morgan fingerprint density at radius 3 is 2.57 bits per heavy atom. The summed E-state index contributed by atoms with van der Waals surface area (Å²) >= 11 is 0. The number of ether oxygens (including phenoxy) is 1. The molecule has 0 aromatic heterocycles. The zero-order valence-corrected chi connectivity index (χ0v) is 11.1. The molecule has 1 amide bonds. The van der Waals surface area contributed by atoms with E-state index in [0.29, 0.717) is 6.29 Å². The van der Waals surface area contributed by atoms with E-state index in [9.17, 15) is 19.5 Å². The molecule has 0 spiro atoms. The Kier molecular flexibility index (Phi) is 4.54. The first-order chi connectivity index (χ1) is 10.0. The summed E-state index contributed by atoms with van der Waals surface area (Å²) in [4.78, 5) is 34.9. The quantitative estimate of drug-likeness (QED) is 0.779. The molecule has 21 heavy (non-hydrogen) atoms. The number of aldehydes is 1. The highest BCUT2D eigenvalue weighted by Gasteiger charge is 2.47. The molecule has 7 nitrogen and oxygen atoms in total. The number of carbonyl (C=O) groups excluding carboxylic acids is 2. The largest absolute Gasteiger partial charge is 0.480 e. The maximum Gasteiger partial charge on any atom is 0.411 e. The van der Waals surface area contributed by atoms with E-state index in [1.165, 1.54) is 0 Å². The smallest absolute Gasteiger partial charge is 0.411 e. The molecule has 1 aliphatic rings. The number of aliphatic hydroxyl groups excluding tert-OH is 1. The summed E-state index contributed by atoms with van der Waals surface area (Å²) in [5.41, 5.74) is 0.736. The van der Waals surface area contributed by atoms with Gasteiger partial charge in [-0.15, -0.1) is 0 Å². The van der Waals surface area contributed by atoms with Crippen LogP contribution in [0.3, 0.4) is 0 Å². The monoisotopic (exact) mass is 293 g/mol. The third-order valence-electron chi connectivity index (χ3n) is 3.36. The van der Waals surface area contributed by atoms with Gasteiger partial charge in [-0.2, -0.15) is 0 Å². The van der Waals surface area contributed by atoms with Crippen LogP contribution in [0.25, 0.3) is 0 Å². The molecule has 1 heterocycles. The molecule has 0 radical (unpaired) electrons. The van der Waals surface area contributed by atoms with E-state index in [0.717, 1.165) is 10.5 Å². The lowest BCUT2D eigenvalue weighted by molar-refractivity contribution is -0.142. The second-order valence-electron chi connectivity index (χ2n) is 4.73. The van der Waals surface area contributed by atoms with Crippen molar-refractivity contribution in [2.45, 2.75) is 31.2 Å². The zero-order valence-electron chi connectivity index (χ0n) is 11.1. The topological polar surface area (TPSA) is 104 Å². The maximum atomic E-state index is 12.0. The van der Waals surface area contributed by atoms with Gasteiger partial charge in [0.2, 0.25) is 0 Å². The van der Waals surface area contributed by atoms with Crippen molar-refractivity contribution in [1.82, 2.24) is 4.90 Å². The molecular weight excluding hydrogens is 278 g/mol. The summed E-state index contributed by atoms with van der Waals surface area (Å²) in [7, 11) is 0. The van der Waals surface area contributed by atoms with Gasteiger partial charge in [-0.3, -0.25) is 4.90 Å². The van der Waals surface area contributed by atoms with Crippen LogP contribution >= 0.6 is 0 Å². The number of amides is 1. The number of carboxylic acid groups (broad SMARTS) is 1. The molecule has 1 fully saturated rings. The van der Waals surface area contributed by atoms with Crippen molar-refractivity contribution in [2.75, 3.05) is 0 Å². The van der Waals surface area contributed by atoms with Crippen molar-refractivity contribution in [1.29, 1.82) is 0 Å². The van der Waals surface area contributed by atoms with Gasteiger partial charge in [0.15, 0.2) is 0 Å². The number of carboxylic acids is 1. The minimum atomic E-state index is -1.28. The van der Waals surface area contributed by atoms with E-state index in [-0.39, 0.29) is 13.0 Å². The van der Waals surface area contributed by atoms with Gasteiger partial charge in [-0.05, 0) is 5.56 Å². The van der Waals surface area contributed by atoms with Crippen LogP contribution in [0.15, 0.2) is 30.3 Å². The Morgan fingerprint density at radius 2 is 2.00 bits per heavy atom. The van der Waals surface area contributed by atoms with E-state index < -0.39 is 30.3 Å². The van der Waals surface area contributed by atoms with Crippen LogP contribution in [0.2, 0.25) is 0 Å². The number of likely N-dealkylation sites (tertiary alicyclic amines) is 1. The predicted octanol–water partition coefficient (Wildman–Crippen LogP) is 0.410. The van der Waals surface area contributed by atoms with Crippen LogP contribution in [0.5, 0.6) is 0 Å². The highest BCUT2D eigenvalue weighted by atomic mass is 16.6. The van der Waals surface area contributed by atoms with Crippen molar-refractivity contribution in [3.8, 4) is 0 Å².